The van der Waals surface area contributed by atoms with Gasteiger partial charge < -0.3 is 9.26 Å². The van der Waals surface area contributed by atoms with Crippen molar-refractivity contribution in [3.63, 3.8) is 0 Å². The molecule has 0 N–H and O–H groups in total. The molecule has 0 spiro atoms. The van der Waals surface area contributed by atoms with E-state index in [2.05, 4.69) is 27.3 Å². The Morgan fingerprint density at radius 1 is 1.12 bits per heavy atom. The summed E-state index contributed by atoms with van der Waals surface area (Å²) in [6, 6.07) is 12.2. The summed E-state index contributed by atoms with van der Waals surface area (Å²) in [5, 5.41) is 4.07. The van der Waals surface area contributed by atoms with Crippen molar-refractivity contribution in [2.24, 2.45) is 0 Å². The molecule has 1 aliphatic rings. The molecule has 1 saturated heterocycles. The Balaban J connectivity index is 1.57. The van der Waals surface area contributed by atoms with Crippen LogP contribution in [0.5, 0.6) is 0 Å². The van der Waals surface area contributed by atoms with Crippen LogP contribution >= 0.6 is 0 Å². The van der Waals surface area contributed by atoms with Gasteiger partial charge in [0.05, 0.1) is 6.61 Å². The van der Waals surface area contributed by atoms with Gasteiger partial charge in [0.2, 0.25) is 5.82 Å². The Hall–Kier alpha value is -2.53. The normalized spacial score (nSPS) is 17.8. The quantitative estimate of drug-likeness (QED) is 0.729. The SMILES string of the molecule is Cc1cccnc1-c1noc(-c2ccc(C3CCCOC3)cc2)n1. The van der Waals surface area contributed by atoms with E-state index in [4.69, 9.17) is 9.26 Å². The molecule has 0 radical (unpaired) electrons. The second-order valence-corrected chi connectivity index (χ2v) is 6.13. The summed E-state index contributed by atoms with van der Waals surface area (Å²) in [7, 11) is 0. The number of hydrogen-bond acceptors (Lipinski definition) is 5. The lowest BCUT2D eigenvalue weighted by atomic mass is 9.93. The van der Waals surface area contributed by atoms with Crippen LogP contribution in [0.3, 0.4) is 0 Å². The van der Waals surface area contributed by atoms with Crippen LogP contribution in [0.25, 0.3) is 23.0 Å². The molecule has 5 heteroatoms. The summed E-state index contributed by atoms with van der Waals surface area (Å²) < 4.78 is 11.0. The molecule has 1 unspecified atom stereocenters. The van der Waals surface area contributed by atoms with E-state index < -0.39 is 0 Å². The summed E-state index contributed by atoms with van der Waals surface area (Å²) in [5.74, 6) is 1.52. The first-order valence-corrected chi connectivity index (χ1v) is 8.25. The first-order chi connectivity index (χ1) is 11.8. The lowest BCUT2D eigenvalue weighted by Crippen LogP contribution is -2.15. The fourth-order valence-electron chi connectivity index (χ4n) is 3.06. The second-order valence-electron chi connectivity index (χ2n) is 6.13. The van der Waals surface area contributed by atoms with Crippen LogP contribution in [0.2, 0.25) is 0 Å². The van der Waals surface area contributed by atoms with Gasteiger partial charge in [-0.3, -0.25) is 4.98 Å². The number of aromatic nitrogens is 3. The van der Waals surface area contributed by atoms with E-state index in [-0.39, 0.29) is 0 Å². The predicted octanol–water partition coefficient (Wildman–Crippen LogP) is 4.00. The number of nitrogens with zero attached hydrogens (tertiary/aromatic N) is 3. The van der Waals surface area contributed by atoms with Crippen LogP contribution in [0.15, 0.2) is 47.1 Å². The fourth-order valence-corrected chi connectivity index (χ4v) is 3.06. The Morgan fingerprint density at radius 3 is 2.75 bits per heavy atom. The highest BCUT2D eigenvalue weighted by atomic mass is 16.5. The molecule has 2 aromatic heterocycles. The number of pyridine rings is 1. The zero-order chi connectivity index (χ0) is 16.4. The Kier molecular flexibility index (Phi) is 4.09. The van der Waals surface area contributed by atoms with E-state index in [0.717, 1.165) is 36.5 Å². The van der Waals surface area contributed by atoms with Gasteiger partial charge in [-0.25, -0.2) is 0 Å². The molecule has 122 valence electrons. The molecular formula is C19H19N3O2. The van der Waals surface area contributed by atoms with Gasteiger partial charge in [0.25, 0.3) is 5.89 Å². The standard InChI is InChI=1S/C19H19N3O2/c1-13-4-2-10-20-17(13)18-21-19(24-22-18)15-8-6-14(7-9-15)16-5-3-11-23-12-16/h2,4,6-10,16H,3,5,11-12H2,1H3. The van der Waals surface area contributed by atoms with E-state index in [0.29, 0.717) is 17.6 Å². The van der Waals surface area contributed by atoms with E-state index in [9.17, 15) is 0 Å². The van der Waals surface area contributed by atoms with Crippen molar-refractivity contribution in [2.45, 2.75) is 25.7 Å². The van der Waals surface area contributed by atoms with Crippen molar-refractivity contribution < 1.29 is 9.26 Å². The van der Waals surface area contributed by atoms with Crippen LogP contribution in [0.4, 0.5) is 0 Å². The Labute approximate surface area is 140 Å². The average Bonchev–Trinajstić information content (AvgIpc) is 3.13. The summed E-state index contributed by atoms with van der Waals surface area (Å²) >= 11 is 0. The maximum atomic E-state index is 5.57. The highest BCUT2D eigenvalue weighted by Crippen LogP contribution is 2.28. The summed E-state index contributed by atoms with van der Waals surface area (Å²) in [6.07, 6.45) is 4.05. The van der Waals surface area contributed by atoms with Crippen LogP contribution in [-0.4, -0.2) is 28.3 Å². The molecule has 24 heavy (non-hydrogen) atoms. The van der Waals surface area contributed by atoms with E-state index in [1.54, 1.807) is 6.20 Å². The topological polar surface area (TPSA) is 61.0 Å². The average molecular weight is 321 g/mol. The Morgan fingerprint density at radius 2 is 2.00 bits per heavy atom. The molecular weight excluding hydrogens is 302 g/mol. The Bertz CT molecular complexity index is 821. The largest absolute Gasteiger partial charge is 0.381 e. The summed E-state index contributed by atoms with van der Waals surface area (Å²) in [5.41, 5.74) is 4.00. The molecule has 3 aromatic rings. The van der Waals surface area contributed by atoms with Gasteiger partial charge in [-0.2, -0.15) is 4.98 Å². The number of hydrogen-bond donors (Lipinski definition) is 0. The van der Waals surface area contributed by atoms with Gasteiger partial charge in [-0.1, -0.05) is 23.4 Å². The highest BCUT2D eigenvalue weighted by Gasteiger charge is 2.17. The van der Waals surface area contributed by atoms with E-state index in [1.165, 1.54) is 12.0 Å². The number of rotatable bonds is 3. The number of ether oxygens (including phenoxy) is 1. The molecule has 0 bridgehead atoms. The molecule has 0 amide bonds. The van der Waals surface area contributed by atoms with E-state index >= 15 is 0 Å². The predicted molar refractivity (Wildman–Crippen MR) is 90.5 cm³/mol. The van der Waals surface area contributed by atoms with Crippen molar-refractivity contribution in [1.29, 1.82) is 0 Å². The molecule has 1 aliphatic heterocycles. The van der Waals surface area contributed by atoms with Crippen molar-refractivity contribution in [2.75, 3.05) is 13.2 Å². The minimum atomic E-state index is 0.488. The fraction of sp³-hybridized carbons (Fsp3) is 0.316. The molecule has 1 aromatic carbocycles. The number of benzene rings is 1. The molecule has 1 fully saturated rings. The van der Waals surface area contributed by atoms with Crippen molar-refractivity contribution in [3.8, 4) is 23.0 Å². The van der Waals surface area contributed by atoms with Gasteiger partial charge in [0.15, 0.2) is 0 Å². The zero-order valence-corrected chi connectivity index (χ0v) is 13.6. The molecule has 4 rings (SSSR count). The van der Waals surface area contributed by atoms with Crippen LogP contribution in [0, 0.1) is 6.92 Å². The zero-order valence-electron chi connectivity index (χ0n) is 13.6. The first kappa shape index (κ1) is 15.0. The van der Waals surface area contributed by atoms with Crippen LogP contribution < -0.4 is 0 Å². The van der Waals surface area contributed by atoms with Gasteiger partial charge in [-0.15, -0.1) is 0 Å². The van der Waals surface area contributed by atoms with Crippen LogP contribution in [-0.2, 0) is 4.74 Å². The summed E-state index contributed by atoms with van der Waals surface area (Å²) in [4.78, 5) is 8.82. The lowest BCUT2D eigenvalue weighted by Gasteiger charge is -2.22. The highest BCUT2D eigenvalue weighted by molar-refractivity contribution is 5.59. The third kappa shape index (κ3) is 2.95. The third-order valence-corrected chi connectivity index (χ3v) is 4.44. The smallest absolute Gasteiger partial charge is 0.258 e. The minimum Gasteiger partial charge on any atom is -0.381 e. The first-order valence-electron chi connectivity index (χ1n) is 8.25. The minimum absolute atomic E-state index is 0.488. The van der Waals surface area contributed by atoms with Crippen molar-refractivity contribution in [1.82, 2.24) is 15.1 Å². The van der Waals surface area contributed by atoms with Crippen molar-refractivity contribution >= 4 is 0 Å². The molecule has 1 atom stereocenters. The monoisotopic (exact) mass is 321 g/mol. The maximum absolute atomic E-state index is 5.57. The second kappa shape index (κ2) is 6.53. The molecule has 5 nitrogen and oxygen atoms in total. The maximum Gasteiger partial charge on any atom is 0.258 e. The molecule has 3 heterocycles. The molecule has 0 saturated carbocycles. The summed E-state index contributed by atoms with van der Waals surface area (Å²) in [6.45, 7) is 3.68. The van der Waals surface area contributed by atoms with Gasteiger partial charge in [0.1, 0.15) is 5.69 Å². The van der Waals surface area contributed by atoms with Gasteiger partial charge in [-0.05, 0) is 49.1 Å². The number of aryl methyl sites for hydroxylation is 1. The van der Waals surface area contributed by atoms with E-state index in [1.807, 2.05) is 31.2 Å². The third-order valence-electron chi connectivity index (χ3n) is 4.44. The van der Waals surface area contributed by atoms with Crippen LogP contribution in [0.1, 0.15) is 29.9 Å². The lowest BCUT2D eigenvalue weighted by molar-refractivity contribution is 0.0804. The van der Waals surface area contributed by atoms with Gasteiger partial charge >= 0.3 is 0 Å². The molecule has 0 aliphatic carbocycles. The van der Waals surface area contributed by atoms with Gasteiger partial charge in [0, 0.05) is 24.3 Å². The van der Waals surface area contributed by atoms with Crippen molar-refractivity contribution in [3.05, 3.63) is 53.7 Å².